The van der Waals surface area contributed by atoms with Gasteiger partial charge in [-0.05, 0) is 35.4 Å². The summed E-state index contributed by atoms with van der Waals surface area (Å²) in [5.41, 5.74) is 1.47. The molecule has 17 heavy (non-hydrogen) atoms. The normalized spacial score (nSPS) is 10.4. The summed E-state index contributed by atoms with van der Waals surface area (Å²) in [6.45, 7) is 0. The van der Waals surface area contributed by atoms with E-state index < -0.39 is 0 Å². The first kappa shape index (κ1) is 12.2. The Labute approximate surface area is 109 Å². The van der Waals surface area contributed by atoms with Gasteiger partial charge in [0, 0.05) is 0 Å². The summed E-state index contributed by atoms with van der Waals surface area (Å²) >= 11 is 12.0. The first-order valence-electron chi connectivity index (χ1n) is 4.91. The van der Waals surface area contributed by atoms with Crippen molar-refractivity contribution in [2.75, 3.05) is 7.11 Å². The van der Waals surface area contributed by atoms with Crippen molar-refractivity contribution in [1.82, 2.24) is 0 Å². The molecule has 0 heterocycles. The van der Waals surface area contributed by atoms with Gasteiger partial charge in [-0.25, -0.2) is 4.39 Å². The number of ether oxygens (including phenoxy) is 1. The average molecular weight is 271 g/mol. The molecule has 0 radical (unpaired) electrons. The molecular weight excluding hydrogens is 262 g/mol. The Morgan fingerprint density at radius 2 is 1.65 bits per heavy atom. The van der Waals surface area contributed by atoms with Gasteiger partial charge in [0.25, 0.3) is 0 Å². The van der Waals surface area contributed by atoms with E-state index in [1.54, 1.807) is 24.3 Å². The molecule has 0 amide bonds. The molecule has 0 aliphatic rings. The summed E-state index contributed by atoms with van der Waals surface area (Å²) in [7, 11) is 1.49. The zero-order chi connectivity index (χ0) is 12.4. The van der Waals surface area contributed by atoms with Crippen LogP contribution < -0.4 is 4.74 Å². The molecule has 0 N–H and O–H groups in total. The molecule has 4 heteroatoms. The number of halogens is 3. The number of hydrogen-bond donors (Lipinski definition) is 0. The largest absolute Gasteiger partial charge is 0.494 e. The minimum atomic E-state index is -0.300. The maximum absolute atomic E-state index is 13.1. The molecule has 0 atom stereocenters. The van der Waals surface area contributed by atoms with Crippen molar-refractivity contribution in [1.29, 1.82) is 0 Å². The van der Waals surface area contributed by atoms with Crippen LogP contribution in [0, 0.1) is 5.82 Å². The van der Waals surface area contributed by atoms with Gasteiger partial charge in [-0.15, -0.1) is 0 Å². The van der Waals surface area contributed by atoms with Gasteiger partial charge in [0.05, 0.1) is 17.2 Å². The van der Waals surface area contributed by atoms with Gasteiger partial charge in [-0.3, -0.25) is 0 Å². The van der Waals surface area contributed by atoms with Crippen molar-refractivity contribution in [3.8, 4) is 16.9 Å². The van der Waals surface area contributed by atoms with Crippen LogP contribution in [0.2, 0.25) is 10.0 Å². The molecule has 0 unspecified atom stereocenters. The number of methoxy groups -OCH3 is 1. The monoisotopic (exact) mass is 270 g/mol. The summed E-state index contributed by atoms with van der Waals surface area (Å²) in [5, 5.41) is 0.804. The van der Waals surface area contributed by atoms with Gasteiger partial charge in [0.1, 0.15) is 5.82 Å². The van der Waals surface area contributed by atoms with Gasteiger partial charge in [0.15, 0.2) is 5.75 Å². The summed E-state index contributed by atoms with van der Waals surface area (Å²) < 4.78 is 18.2. The van der Waals surface area contributed by atoms with Crippen LogP contribution in [0.3, 0.4) is 0 Å². The molecule has 0 bridgehead atoms. The summed E-state index contributed by atoms with van der Waals surface area (Å²) in [6, 6.07) is 9.63. The second-order valence-corrected chi connectivity index (χ2v) is 4.30. The van der Waals surface area contributed by atoms with Crippen LogP contribution in [0.4, 0.5) is 4.39 Å². The van der Waals surface area contributed by atoms with E-state index in [0.29, 0.717) is 15.8 Å². The van der Waals surface area contributed by atoms with Crippen LogP contribution >= 0.6 is 23.2 Å². The quantitative estimate of drug-likeness (QED) is 0.761. The third-order valence-electron chi connectivity index (χ3n) is 2.36. The fraction of sp³-hybridized carbons (Fsp3) is 0.0769. The number of rotatable bonds is 2. The van der Waals surface area contributed by atoms with E-state index in [0.717, 1.165) is 11.1 Å². The van der Waals surface area contributed by atoms with Crippen molar-refractivity contribution < 1.29 is 9.13 Å². The Kier molecular flexibility index (Phi) is 3.55. The number of benzene rings is 2. The van der Waals surface area contributed by atoms with Crippen LogP contribution in [0.25, 0.3) is 11.1 Å². The molecule has 2 aromatic carbocycles. The Morgan fingerprint density at radius 3 is 2.18 bits per heavy atom. The lowest BCUT2D eigenvalue weighted by molar-refractivity contribution is 0.415. The Bertz CT molecular complexity index is 532. The van der Waals surface area contributed by atoms with Crippen LogP contribution in [0.5, 0.6) is 5.75 Å². The zero-order valence-electron chi connectivity index (χ0n) is 9.01. The molecule has 2 aromatic rings. The van der Waals surface area contributed by atoms with Crippen molar-refractivity contribution >= 4 is 23.2 Å². The van der Waals surface area contributed by atoms with E-state index in [1.807, 2.05) is 0 Å². The van der Waals surface area contributed by atoms with E-state index in [4.69, 9.17) is 27.9 Å². The topological polar surface area (TPSA) is 9.23 Å². The van der Waals surface area contributed by atoms with Crippen LogP contribution in [0.15, 0.2) is 36.4 Å². The fourth-order valence-electron chi connectivity index (χ4n) is 1.59. The minimum absolute atomic E-state index is 0.300. The van der Waals surface area contributed by atoms with E-state index in [1.165, 1.54) is 19.2 Å². The van der Waals surface area contributed by atoms with Crippen molar-refractivity contribution in [2.45, 2.75) is 0 Å². The highest BCUT2D eigenvalue weighted by Crippen LogP contribution is 2.37. The lowest BCUT2D eigenvalue weighted by atomic mass is 10.1. The van der Waals surface area contributed by atoms with Gasteiger partial charge in [-0.2, -0.15) is 0 Å². The van der Waals surface area contributed by atoms with Crippen LogP contribution in [-0.2, 0) is 0 Å². The standard InChI is InChI=1S/C13H9Cl2FO/c1-17-13-11(14)6-9(7-12(13)15)8-3-2-4-10(16)5-8/h2-7H,1H3. The predicted octanol–water partition coefficient (Wildman–Crippen LogP) is 4.81. The fourth-order valence-corrected chi connectivity index (χ4v) is 2.23. The SMILES string of the molecule is COc1c(Cl)cc(-c2cccc(F)c2)cc1Cl. The zero-order valence-corrected chi connectivity index (χ0v) is 10.5. The molecular formula is C13H9Cl2FO. The van der Waals surface area contributed by atoms with E-state index in [2.05, 4.69) is 0 Å². The van der Waals surface area contributed by atoms with Gasteiger partial charge < -0.3 is 4.74 Å². The molecule has 0 aliphatic carbocycles. The molecule has 0 aliphatic heterocycles. The van der Waals surface area contributed by atoms with Crippen LogP contribution in [0.1, 0.15) is 0 Å². The molecule has 88 valence electrons. The number of hydrogen-bond acceptors (Lipinski definition) is 1. The molecule has 0 spiro atoms. The van der Waals surface area contributed by atoms with Crippen LogP contribution in [-0.4, -0.2) is 7.11 Å². The lowest BCUT2D eigenvalue weighted by Gasteiger charge is -2.09. The van der Waals surface area contributed by atoms with Crippen molar-refractivity contribution in [3.63, 3.8) is 0 Å². The van der Waals surface area contributed by atoms with Gasteiger partial charge in [-0.1, -0.05) is 35.3 Å². The predicted molar refractivity (Wildman–Crippen MR) is 68.4 cm³/mol. The Balaban J connectivity index is 2.54. The first-order chi connectivity index (χ1) is 8.11. The van der Waals surface area contributed by atoms with Crippen molar-refractivity contribution in [2.24, 2.45) is 0 Å². The van der Waals surface area contributed by atoms with Gasteiger partial charge >= 0.3 is 0 Å². The van der Waals surface area contributed by atoms with Crippen molar-refractivity contribution in [3.05, 3.63) is 52.3 Å². The highest BCUT2D eigenvalue weighted by Gasteiger charge is 2.09. The first-order valence-corrected chi connectivity index (χ1v) is 5.66. The average Bonchev–Trinajstić information content (AvgIpc) is 2.28. The maximum Gasteiger partial charge on any atom is 0.156 e. The smallest absolute Gasteiger partial charge is 0.156 e. The van der Waals surface area contributed by atoms with Gasteiger partial charge in [0.2, 0.25) is 0 Å². The maximum atomic E-state index is 13.1. The molecule has 0 aromatic heterocycles. The second-order valence-electron chi connectivity index (χ2n) is 3.48. The third kappa shape index (κ3) is 2.54. The van der Waals surface area contributed by atoms with E-state index in [-0.39, 0.29) is 5.82 Å². The molecule has 0 saturated carbocycles. The Hall–Kier alpha value is -1.25. The second kappa shape index (κ2) is 4.94. The molecule has 0 fully saturated rings. The summed E-state index contributed by atoms with van der Waals surface area (Å²) in [4.78, 5) is 0. The van der Waals surface area contributed by atoms with E-state index >= 15 is 0 Å². The highest BCUT2D eigenvalue weighted by atomic mass is 35.5. The summed E-state index contributed by atoms with van der Waals surface area (Å²) in [5.74, 6) is 0.124. The lowest BCUT2D eigenvalue weighted by Crippen LogP contribution is -1.87. The van der Waals surface area contributed by atoms with E-state index in [9.17, 15) is 4.39 Å². The highest BCUT2D eigenvalue weighted by molar-refractivity contribution is 6.37. The summed E-state index contributed by atoms with van der Waals surface area (Å²) in [6.07, 6.45) is 0. The minimum Gasteiger partial charge on any atom is -0.494 e. The third-order valence-corrected chi connectivity index (χ3v) is 2.92. The molecule has 1 nitrogen and oxygen atoms in total. The Morgan fingerprint density at radius 1 is 1.00 bits per heavy atom. The molecule has 2 rings (SSSR count). The molecule has 0 saturated heterocycles.